The maximum Gasteiger partial charge on any atom is 0.225 e. The van der Waals surface area contributed by atoms with Crippen LogP contribution in [0.25, 0.3) is 0 Å². The number of amides is 2. The number of nitrogens with zero attached hydrogens (tertiary/aromatic N) is 2. The Balaban J connectivity index is 4.29. The highest BCUT2D eigenvalue weighted by Crippen LogP contribution is 2.12. The standard InChI is InChI=1S/C50H102N4O29/c51-3-4-52-43(64)1-7-72-11-15-76-19-23-80-27-30-83-26-22-79-18-14-75-10-6-54(33-39(60)47(68)50(71)42(63)36-57)44(65)2-8-73-12-16-77-20-24-81-28-29-82-25-21-78-17-13-74-9-5-53(31-37(58)45(66)48(69)40(61)34-55)32-38(59)46(67)49(70)41(62)35-56/h37-42,45-50,55-63,66-71H,1-36,51H2,(H,52,64)/t37-,38-,39-,40+,41+,42+,45+,46+,47+,48+,49+,50+/m0/s1. The summed E-state index contributed by atoms with van der Waals surface area (Å²) in [6.45, 7) is 2.65. The van der Waals surface area contributed by atoms with Gasteiger partial charge in [-0.05, 0) is 0 Å². The lowest BCUT2D eigenvalue weighted by Crippen LogP contribution is -2.53. The van der Waals surface area contributed by atoms with E-state index in [2.05, 4.69) is 5.32 Å². The largest absolute Gasteiger partial charge is 0.394 e. The lowest BCUT2D eigenvalue weighted by atomic mass is 10.0. The SMILES string of the molecule is NCCNC(=O)CCOCCOCCOCCOCCOCCOCCN(C[C@H](O)[C@@H](O)[C@H](O)[C@H](O)CO)C(=O)CCOCCOCCOCCOCCOCCOCCN(C[C@H](O)[C@@H](O)[C@H](O)[C@H](O)CO)C[C@H](O)[C@@H](O)[C@H](O)[C@H](O)CO. The van der Waals surface area contributed by atoms with Crippen LogP contribution < -0.4 is 11.1 Å². The van der Waals surface area contributed by atoms with Crippen LogP contribution in [0.15, 0.2) is 0 Å². The third kappa shape index (κ3) is 43.1. The minimum absolute atomic E-state index is 0.000131. The van der Waals surface area contributed by atoms with Crippen LogP contribution in [0, 0.1) is 0 Å². The summed E-state index contributed by atoms with van der Waals surface area (Å²) < 4.78 is 65.7. The monoisotopic (exact) mass is 1220 g/mol. The van der Waals surface area contributed by atoms with Gasteiger partial charge in [-0.15, -0.1) is 0 Å². The van der Waals surface area contributed by atoms with Crippen molar-refractivity contribution in [2.45, 2.75) is 86.1 Å². The van der Waals surface area contributed by atoms with E-state index in [0.29, 0.717) is 72.6 Å². The van der Waals surface area contributed by atoms with Gasteiger partial charge in [0.2, 0.25) is 11.8 Å². The Morgan fingerprint density at radius 2 is 0.590 bits per heavy atom. The fraction of sp³-hybridized carbons (Fsp3) is 0.960. The number of rotatable bonds is 62. The highest BCUT2D eigenvalue weighted by atomic mass is 16.6. The number of ether oxygens (including phenoxy) is 12. The first-order valence-corrected chi connectivity index (χ1v) is 27.9. The first kappa shape index (κ1) is 80.8. The van der Waals surface area contributed by atoms with Crippen LogP contribution in [-0.2, 0) is 66.4 Å². The molecule has 0 aromatic heterocycles. The minimum atomic E-state index is -1.91. The molecule has 0 aliphatic rings. The molecular weight excluding hydrogens is 1120 g/mol. The molecule has 0 bridgehead atoms. The van der Waals surface area contributed by atoms with Crippen molar-refractivity contribution in [3.63, 3.8) is 0 Å². The van der Waals surface area contributed by atoms with Gasteiger partial charge in [0.15, 0.2) is 0 Å². The molecule has 0 radical (unpaired) electrons. The van der Waals surface area contributed by atoms with Crippen molar-refractivity contribution in [3.8, 4) is 0 Å². The zero-order chi connectivity index (χ0) is 61.9. The number of aliphatic hydroxyl groups is 15. The van der Waals surface area contributed by atoms with Gasteiger partial charge < -0.3 is 149 Å². The number of nitrogens with two attached hydrogens (primary N) is 1. The van der Waals surface area contributed by atoms with Crippen LogP contribution in [0.5, 0.6) is 0 Å². The maximum absolute atomic E-state index is 13.1. The smallest absolute Gasteiger partial charge is 0.225 e. The summed E-state index contributed by atoms with van der Waals surface area (Å²) in [4.78, 5) is 27.1. The molecule has 0 saturated heterocycles. The molecule has 0 saturated carbocycles. The minimum Gasteiger partial charge on any atom is -0.394 e. The summed E-state index contributed by atoms with van der Waals surface area (Å²) in [5.74, 6) is -0.567. The van der Waals surface area contributed by atoms with Crippen molar-refractivity contribution >= 4 is 11.8 Å². The Kier molecular flexibility index (Phi) is 53.6. The molecule has 33 heteroatoms. The van der Waals surface area contributed by atoms with Gasteiger partial charge in [-0.3, -0.25) is 14.5 Å². The average molecular weight is 1220 g/mol. The topological polar surface area (TPSA) is 493 Å². The van der Waals surface area contributed by atoms with Crippen LogP contribution in [0.1, 0.15) is 12.8 Å². The predicted octanol–water partition coefficient (Wildman–Crippen LogP) is -10.5. The molecule has 0 spiro atoms. The van der Waals surface area contributed by atoms with Crippen LogP contribution >= 0.6 is 0 Å². The Bertz CT molecular complexity index is 1440. The van der Waals surface area contributed by atoms with E-state index in [0.717, 1.165) is 0 Å². The second-order valence-corrected chi connectivity index (χ2v) is 18.5. The van der Waals surface area contributed by atoms with Crippen molar-refractivity contribution < 1.29 is 143 Å². The second-order valence-electron chi connectivity index (χ2n) is 18.5. The number of hydrogen-bond donors (Lipinski definition) is 17. The van der Waals surface area contributed by atoms with Gasteiger partial charge in [-0.1, -0.05) is 0 Å². The van der Waals surface area contributed by atoms with E-state index in [1.54, 1.807) is 0 Å². The van der Waals surface area contributed by atoms with Gasteiger partial charge in [-0.25, -0.2) is 0 Å². The lowest BCUT2D eigenvalue weighted by Gasteiger charge is -2.33. The van der Waals surface area contributed by atoms with Crippen LogP contribution in [0.4, 0.5) is 0 Å². The van der Waals surface area contributed by atoms with E-state index in [1.807, 2.05) is 0 Å². The first-order chi connectivity index (χ1) is 40.0. The molecule has 2 amide bonds. The molecule has 33 nitrogen and oxygen atoms in total. The molecule has 0 aliphatic heterocycles. The van der Waals surface area contributed by atoms with E-state index < -0.39 is 119 Å². The number of carbonyl (C=O) groups excluding carboxylic acids is 2. The summed E-state index contributed by atoms with van der Waals surface area (Å²) >= 11 is 0. The number of nitrogens with one attached hydrogen (secondary N) is 1. The fourth-order valence-corrected chi connectivity index (χ4v) is 6.90. The fourth-order valence-electron chi connectivity index (χ4n) is 6.90. The molecule has 12 atom stereocenters. The van der Waals surface area contributed by atoms with Gasteiger partial charge in [0.25, 0.3) is 0 Å². The number of aliphatic hydroxyl groups excluding tert-OH is 15. The van der Waals surface area contributed by atoms with Crippen molar-refractivity contribution in [3.05, 3.63) is 0 Å². The molecule has 0 fully saturated rings. The van der Waals surface area contributed by atoms with Crippen molar-refractivity contribution in [2.24, 2.45) is 5.73 Å². The predicted molar refractivity (Wildman–Crippen MR) is 287 cm³/mol. The Hall–Kier alpha value is -2.22. The molecule has 0 rings (SSSR count). The molecule has 0 aliphatic carbocycles. The zero-order valence-corrected chi connectivity index (χ0v) is 47.8. The highest BCUT2D eigenvalue weighted by Gasteiger charge is 2.35. The average Bonchev–Trinajstić information content (AvgIpc) is 3.57. The zero-order valence-electron chi connectivity index (χ0n) is 47.8. The molecular formula is C50H102N4O29. The molecule has 18 N–H and O–H groups in total. The first-order valence-electron chi connectivity index (χ1n) is 27.9. The molecule has 83 heavy (non-hydrogen) atoms. The lowest BCUT2D eigenvalue weighted by molar-refractivity contribution is -0.141. The van der Waals surface area contributed by atoms with Crippen molar-refractivity contribution in [1.29, 1.82) is 0 Å². The van der Waals surface area contributed by atoms with Gasteiger partial charge in [0.1, 0.15) is 61.0 Å². The van der Waals surface area contributed by atoms with E-state index in [9.17, 15) is 70.9 Å². The summed E-state index contributed by atoms with van der Waals surface area (Å²) in [6, 6.07) is 0. The van der Waals surface area contributed by atoms with E-state index in [1.165, 1.54) is 9.80 Å². The Morgan fingerprint density at radius 3 is 0.892 bits per heavy atom. The summed E-state index contributed by atoms with van der Waals surface area (Å²) in [7, 11) is 0. The van der Waals surface area contributed by atoms with Crippen LogP contribution in [0.3, 0.4) is 0 Å². The van der Waals surface area contributed by atoms with Gasteiger partial charge in [0, 0.05) is 52.2 Å². The molecule has 496 valence electrons. The van der Waals surface area contributed by atoms with Gasteiger partial charge in [-0.2, -0.15) is 0 Å². The summed E-state index contributed by atoms with van der Waals surface area (Å²) in [6.07, 6.45) is -21.5. The number of carbonyl (C=O) groups is 2. The third-order valence-corrected chi connectivity index (χ3v) is 11.8. The Labute approximate surface area is 485 Å². The Morgan fingerprint density at radius 1 is 0.337 bits per heavy atom. The van der Waals surface area contributed by atoms with Crippen LogP contribution in [0.2, 0.25) is 0 Å². The van der Waals surface area contributed by atoms with Gasteiger partial charge >= 0.3 is 0 Å². The molecule has 0 heterocycles. The molecule has 0 aromatic carbocycles. The van der Waals surface area contributed by atoms with Gasteiger partial charge in [0.05, 0.1) is 197 Å². The van der Waals surface area contributed by atoms with E-state index in [-0.39, 0.29) is 131 Å². The highest BCUT2D eigenvalue weighted by molar-refractivity contribution is 5.76. The molecule has 0 aromatic rings. The normalized spacial score (nSPS) is 16.4. The maximum atomic E-state index is 13.1. The van der Waals surface area contributed by atoms with Crippen LogP contribution in [-0.4, -0.2) is 396 Å². The number of hydrogen-bond acceptors (Lipinski definition) is 31. The summed E-state index contributed by atoms with van der Waals surface area (Å²) in [5.41, 5.74) is 5.33. The molecule has 0 unspecified atom stereocenters. The summed E-state index contributed by atoms with van der Waals surface area (Å²) in [5, 5.41) is 151. The second kappa shape index (κ2) is 55.1. The third-order valence-electron chi connectivity index (χ3n) is 11.8. The van der Waals surface area contributed by atoms with E-state index >= 15 is 0 Å². The quantitative estimate of drug-likeness (QED) is 0.0251. The van der Waals surface area contributed by atoms with E-state index in [4.69, 9.17) is 77.9 Å². The van der Waals surface area contributed by atoms with Crippen molar-refractivity contribution in [2.75, 3.05) is 224 Å². The van der Waals surface area contributed by atoms with Crippen molar-refractivity contribution in [1.82, 2.24) is 15.1 Å².